The van der Waals surface area contributed by atoms with Gasteiger partial charge in [0.05, 0.1) is 17.4 Å². The molecule has 1 aliphatic carbocycles. The standard InChI is InChI=1S/C28H30F3N5O3/c1-15-8-16(10-17(32)9-15)19-6-7-33-13-24(19)35-28(38)23-5-4-20(29)27(34-23)26-21(30)11-18(12-22(26)31)39-14-25(37)36(2)3/h4-7,11-13,15-17H,8-10,14,32H2,1-3H3,(H,35,38)/t15-,16+,17-/m0/s1. The van der Waals surface area contributed by atoms with Crippen LogP contribution >= 0.6 is 0 Å². The summed E-state index contributed by atoms with van der Waals surface area (Å²) in [5.74, 6) is -4.16. The van der Waals surface area contributed by atoms with Crippen molar-refractivity contribution in [3.63, 3.8) is 0 Å². The summed E-state index contributed by atoms with van der Waals surface area (Å²) in [5, 5.41) is 2.76. The highest BCUT2D eigenvalue weighted by Gasteiger charge is 2.28. The van der Waals surface area contributed by atoms with Gasteiger partial charge in [-0.2, -0.15) is 0 Å². The van der Waals surface area contributed by atoms with E-state index in [1.165, 1.54) is 25.2 Å². The lowest BCUT2D eigenvalue weighted by molar-refractivity contribution is -0.130. The maximum Gasteiger partial charge on any atom is 0.274 e. The molecule has 0 aliphatic heterocycles. The first-order valence-electron chi connectivity index (χ1n) is 12.5. The number of nitrogens with two attached hydrogens (primary N) is 1. The fourth-order valence-corrected chi connectivity index (χ4v) is 4.84. The number of amides is 2. The molecule has 11 heteroatoms. The Balaban J connectivity index is 1.58. The van der Waals surface area contributed by atoms with E-state index in [2.05, 4.69) is 22.2 Å². The molecule has 0 radical (unpaired) electrons. The van der Waals surface area contributed by atoms with E-state index < -0.39 is 47.1 Å². The Labute approximate surface area is 224 Å². The highest BCUT2D eigenvalue weighted by atomic mass is 19.1. The molecule has 206 valence electrons. The van der Waals surface area contributed by atoms with Crippen molar-refractivity contribution in [1.82, 2.24) is 14.9 Å². The number of halogens is 3. The highest BCUT2D eigenvalue weighted by molar-refractivity contribution is 6.03. The van der Waals surface area contributed by atoms with Crippen molar-refractivity contribution >= 4 is 17.5 Å². The molecule has 39 heavy (non-hydrogen) atoms. The smallest absolute Gasteiger partial charge is 0.274 e. The number of pyridine rings is 2. The number of ether oxygens (including phenoxy) is 1. The van der Waals surface area contributed by atoms with Gasteiger partial charge in [0, 0.05) is 38.5 Å². The Bertz CT molecular complexity index is 1350. The summed E-state index contributed by atoms with van der Waals surface area (Å²) < 4.78 is 49.7. The number of nitrogens with one attached hydrogen (secondary N) is 1. The second kappa shape index (κ2) is 11.8. The molecular weight excluding hydrogens is 511 g/mol. The molecule has 2 aromatic heterocycles. The number of carbonyl (C=O) groups is 2. The minimum Gasteiger partial charge on any atom is -0.484 e. The van der Waals surface area contributed by atoms with E-state index in [0.717, 1.165) is 49.1 Å². The van der Waals surface area contributed by atoms with Crippen LogP contribution in [0.5, 0.6) is 5.75 Å². The molecular formula is C28H30F3N5O3. The van der Waals surface area contributed by atoms with Crippen molar-refractivity contribution < 1.29 is 27.5 Å². The first-order valence-corrected chi connectivity index (χ1v) is 12.5. The van der Waals surface area contributed by atoms with Crippen LogP contribution in [0.4, 0.5) is 18.9 Å². The number of benzene rings is 1. The molecule has 1 fully saturated rings. The van der Waals surface area contributed by atoms with E-state index in [-0.39, 0.29) is 23.4 Å². The molecule has 1 aliphatic rings. The lowest BCUT2D eigenvalue weighted by Gasteiger charge is -2.32. The number of rotatable bonds is 7. The minimum absolute atomic E-state index is 0.0480. The van der Waals surface area contributed by atoms with Gasteiger partial charge in [0.25, 0.3) is 11.8 Å². The Hall–Kier alpha value is -3.99. The number of hydrogen-bond acceptors (Lipinski definition) is 6. The SMILES string of the molecule is C[C@@H]1C[C@H](N)C[C@H](c2ccncc2NC(=O)c2ccc(F)c(-c3c(F)cc(OCC(=O)N(C)C)cc3F)n2)C1. The second-order valence-corrected chi connectivity index (χ2v) is 10.1. The third kappa shape index (κ3) is 6.54. The zero-order chi connectivity index (χ0) is 28.3. The van der Waals surface area contributed by atoms with Crippen LogP contribution in [0.25, 0.3) is 11.3 Å². The average molecular weight is 542 g/mol. The van der Waals surface area contributed by atoms with Crippen molar-refractivity contribution in [1.29, 1.82) is 0 Å². The van der Waals surface area contributed by atoms with E-state index in [4.69, 9.17) is 10.5 Å². The van der Waals surface area contributed by atoms with E-state index >= 15 is 0 Å². The van der Waals surface area contributed by atoms with Crippen LogP contribution in [-0.4, -0.2) is 53.4 Å². The molecule has 1 aromatic carbocycles. The largest absolute Gasteiger partial charge is 0.484 e. The summed E-state index contributed by atoms with van der Waals surface area (Å²) in [7, 11) is 3.02. The van der Waals surface area contributed by atoms with Gasteiger partial charge in [-0.15, -0.1) is 0 Å². The van der Waals surface area contributed by atoms with Crippen molar-refractivity contribution in [2.75, 3.05) is 26.0 Å². The van der Waals surface area contributed by atoms with Gasteiger partial charge in [0.1, 0.15) is 34.6 Å². The van der Waals surface area contributed by atoms with Gasteiger partial charge >= 0.3 is 0 Å². The zero-order valence-electron chi connectivity index (χ0n) is 21.9. The van der Waals surface area contributed by atoms with Crippen molar-refractivity contribution in [3.8, 4) is 17.0 Å². The van der Waals surface area contributed by atoms with E-state index in [9.17, 15) is 22.8 Å². The van der Waals surface area contributed by atoms with Crippen LogP contribution < -0.4 is 15.8 Å². The molecule has 1 saturated carbocycles. The predicted molar refractivity (Wildman–Crippen MR) is 140 cm³/mol. The maximum absolute atomic E-state index is 14.9. The molecule has 2 heterocycles. The van der Waals surface area contributed by atoms with Crippen molar-refractivity contribution in [2.24, 2.45) is 11.7 Å². The number of likely N-dealkylation sites (N-methyl/N-ethyl adjacent to an activating group) is 1. The predicted octanol–water partition coefficient (Wildman–Crippen LogP) is 4.51. The number of nitrogens with zero attached hydrogens (tertiary/aromatic N) is 3. The van der Waals surface area contributed by atoms with Gasteiger partial charge < -0.3 is 20.7 Å². The summed E-state index contributed by atoms with van der Waals surface area (Å²) in [6, 6.07) is 5.58. The van der Waals surface area contributed by atoms with Gasteiger partial charge in [-0.25, -0.2) is 18.2 Å². The van der Waals surface area contributed by atoms with Gasteiger partial charge in [0.2, 0.25) is 0 Å². The van der Waals surface area contributed by atoms with Crippen LogP contribution in [0.3, 0.4) is 0 Å². The minimum atomic E-state index is -1.16. The number of hydrogen-bond donors (Lipinski definition) is 2. The zero-order valence-corrected chi connectivity index (χ0v) is 21.9. The molecule has 0 bridgehead atoms. The van der Waals surface area contributed by atoms with Gasteiger partial charge in [-0.05, 0) is 54.9 Å². The molecule has 0 unspecified atom stereocenters. The Morgan fingerprint density at radius 3 is 2.46 bits per heavy atom. The first-order chi connectivity index (χ1) is 18.5. The summed E-state index contributed by atoms with van der Waals surface area (Å²) >= 11 is 0. The quantitative estimate of drug-likeness (QED) is 0.456. The molecule has 0 spiro atoms. The third-order valence-corrected chi connectivity index (χ3v) is 6.71. The van der Waals surface area contributed by atoms with Crippen LogP contribution in [0.1, 0.15) is 48.2 Å². The summed E-state index contributed by atoms with van der Waals surface area (Å²) in [6.45, 7) is 1.70. The normalized spacial score (nSPS) is 18.9. The highest BCUT2D eigenvalue weighted by Crippen LogP contribution is 2.38. The summed E-state index contributed by atoms with van der Waals surface area (Å²) in [4.78, 5) is 34.1. The van der Waals surface area contributed by atoms with Crippen LogP contribution in [-0.2, 0) is 4.79 Å². The monoisotopic (exact) mass is 541 g/mol. The topological polar surface area (TPSA) is 110 Å². The van der Waals surface area contributed by atoms with Gasteiger partial charge in [0.15, 0.2) is 6.61 Å². The number of anilines is 1. The molecule has 8 nitrogen and oxygen atoms in total. The van der Waals surface area contributed by atoms with Crippen molar-refractivity contribution in [3.05, 3.63) is 71.4 Å². The van der Waals surface area contributed by atoms with E-state index in [1.54, 1.807) is 6.20 Å². The lowest BCUT2D eigenvalue weighted by atomic mass is 9.76. The average Bonchev–Trinajstić information content (AvgIpc) is 2.87. The van der Waals surface area contributed by atoms with E-state index in [1.807, 2.05) is 6.07 Å². The van der Waals surface area contributed by atoms with E-state index in [0.29, 0.717) is 11.6 Å². The van der Waals surface area contributed by atoms with Crippen molar-refractivity contribution in [2.45, 2.75) is 38.1 Å². The molecule has 4 rings (SSSR count). The third-order valence-electron chi connectivity index (χ3n) is 6.71. The van der Waals surface area contributed by atoms with Gasteiger partial charge in [-0.3, -0.25) is 14.6 Å². The molecule has 3 N–H and O–H groups in total. The lowest BCUT2D eigenvalue weighted by Crippen LogP contribution is -2.31. The maximum atomic E-state index is 14.9. The van der Waals surface area contributed by atoms with Crippen LogP contribution in [0.2, 0.25) is 0 Å². The fraction of sp³-hybridized carbons (Fsp3) is 0.357. The van der Waals surface area contributed by atoms with Crippen LogP contribution in [0.15, 0.2) is 42.7 Å². The Morgan fingerprint density at radius 2 is 1.79 bits per heavy atom. The molecule has 2 amide bonds. The Kier molecular flexibility index (Phi) is 8.49. The second-order valence-electron chi connectivity index (χ2n) is 10.1. The number of aromatic nitrogens is 2. The molecule has 3 atom stereocenters. The fourth-order valence-electron chi connectivity index (χ4n) is 4.84. The summed E-state index contributed by atoms with van der Waals surface area (Å²) in [6.07, 6.45) is 5.75. The molecule has 3 aromatic rings. The number of carbonyl (C=O) groups excluding carboxylic acids is 2. The van der Waals surface area contributed by atoms with Crippen LogP contribution in [0, 0.1) is 23.4 Å². The summed E-state index contributed by atoms with van der Waals surface area (Å²) in [5.41, 5.74) is 5.88. The molecule has 0 saturated heterocycles. The Morgan fingerprint density at radius 1 is 1.08 bits per heavy atom. The van der Waals surface area contributed by atoms with Gasteiger partial charge in [-0.1, -0.05) is 6.92 Å². The first kappa shape index (κ1) is 28.0.